The van der Waals surface area contributed by atoms with Gasteiger partial charge in [-0.15, -0.1) is 11.3 Å². The summed E-state index contributed by atoms with van der Waals surface area (Å²) in [4.78, 5) is 16.2. The molecule has 3 rings (SSSR count). The molecule has 2 aromatic rings. The van der Waals surface area contributed by atoms with Crippen LogP contribution in [0.1, 0.15) is 17.8 Å². The van der Waals surface area contributed by atoms with Crippen molar-refractivity contribution in [2.45, 2.75) is 25.3 Å². The molecule has 0 bridgehead atoms. The lowest BCUT2D eigenvalue weighted by Gasteiger charge is -1.99. The van der Waals surface area contributed by atoms with Crippen LogP contribution in [-0.2, 0) is 11.2 Å². The molecule has 1 fully saturated rings. The highest BCUT2D eigenvalue weighted by Gasteiger charge is 2.21. The number of nitrogens with one attached hydrogen (secondary N) is 1. The van der Waals surface area contributed by atoms with Crippen LogP contribution in [0.2, 0.25) is 0 Å². The molecule has 0 unspecified atom stereocenters. The summed E-state index contributed by atoms with van der Waals surface area (Å²) in [7, 11) is 0. The van der Waals surface area contributed by atoms with Gasteiger partial charge < -0.3 is 5.32 Å². The fraction of sp³-hybridized carbons (Fsp3) is 0.385. The number of carbonyl (C=O) groups is 1. The van der Waals surface area contributed by atoms with Crippen molar-refractivity contribution in [2.24, 2.45) is 0 Å². The second-order valence-electron chi connectivity index (χ2n) is 4.45. The maximum absolute atomic E-state index is 11.7. The lowest BCUT2D eigenvalue weighted by atomic mass is 10.3. The second kappa shape index (κ2) is 4.55. The molecule has 1 saturated carbocycles. The van der Waals surface area contributed by atoms with Crippen molar-refractivity contribution in [1.29, 1.82) is 0 Å². The van der Waals surface area contributed by atoms with Crippen LogP contribution in [0.3, 0.4) is 0 Å². The monoisotopic (exact) mass is 246 g/mol. The van der Waals surface area contributed by atoms with Gasteiger partial charge in [-0.3, -0.25) is 4.79 Å². The van der Waals surface area contributed by atoms with Crippen LogP contribution in [0, 0.1) is 0 Å². The minimum Gasteiger partial charge on any atom is -0.307 e. The molecule has 0 saturated heterocycles. The first-order valence-electron chi connectivity index (χ1n) is 5.91. The number of para-hydroxylation sites is 1. The molecule has 3 nitrogen and oxygen atoms in total. The summed E-state index contributed by atoms with van der Waals surface area (Å²) in [5.41, 5.74) is 0.996. The highest BCUT2D eigenvalue weighted by atomic mass is 32.1. The summed E-state index contributed by atoms with van der Waals surface area (Å²) in [6, 6.07) is 8.60. The lowest BCUT2D eigenvalue weighted by molar-refractivity contribution is -0.117. The van der Waals surface area contributed by atoms with Gasteiger partial charge in [-0.05, 0) is 25.0 Å². The van der Waals surface area contributed by atoms with Gasteiger partial charge in [-0.2, -0.15) is 0 Å². The number of nitrogens with zero attached hydrogens (tertiary/aromatic N) is 1. The van der Waals surface area contributed by atoms with Crippen molar-refractivity contribution >= 4 is 27.3 Å². The maximum atomic E-state index is 11.7. The van der Waals surface area contributed by atoms with Gasteiger partial charge >= 0.3 is 0 Å². The molecule has 1 heterocycles. The van der Waals surface area contributed by atoms with Gasteiger partial charge in [0.05, 0.1) is 23.2 Å². The van der Waals surface area contributed by atoms with Crippen molar-refractivity contribution in [1.82, 2.24) is 10.3 Å². The smallest absolute Gasteiger partial charge is 0.153 e. The molecule has 1 aromatic carbocycles. The molecule has 4 heteroatoms. The number of hydrogen-bond donors (Lipinski definition) is 1. The van der Waals surface area contributed by atoms with Crippen LogP contribution in [0.5, 0.6) is 0 Å². The summed E-state index contributed by atoms with van der Waals surface area (Å²) < 4.78 is 1.16. The van der Waals surface area contributed by atoms with Gasteiger partial charge in [-0.25, -0.2) is 4.98 Å². The fourth-order valence-corrected chi connectivity index (χ4v) is 2.77. The number of aromatic nitrogens is 1. The first-order valence-corrected chi connectivity index (χ1v) is 6.72. The number of benzene rings is 1. The average Bonchev–Trinajstić information content (AvgIpc) is 3.06. The van der Waals surface area contributed by atoms with E-state index in [1.54, 1.807) is 11.3 Å². The van der Waals surface area contributed by atoms with E-state index in [2.05, 4.69) is 10.3 Å². The van der Waals surface area contributed by atoms with Crippen LogP contribution in [0.4, 0.5) is 0 Å². The van der Waals surface area contributed by atoms with Crippen LogP contribution < -0.4 is 5.32 Å². The Morgan fingerprint density at radius 3 is 3.00 bits per heavy atom. The Labute approximate surface area is 104 Å². The van der Waals surface area contributed by atoms with Crippen molar-refractivity contribution in [3.63, 3.8) is 0 Å². The maximum Gasteiger partial charge on any atom is 0.153 e. The molecule has 1 N–H and O–H groups in total. The quantitative estimate of drug-likeness (QED) is 0.879. The van der Waals surface area contributed by atoms with E-state index in [9.17, 15) is 4.79 Å². The summed E-state index contributed by atoms with van der Waals surface area (Å²) in [6.45, 7) is 0.487. The Morgan fingerprint density at radius 2 is 2.24 bits per heavy atom. The number of hydrogen-bond acceptors (Lipinski definition) is 4. The van der Waals surface area contributed by atoms with Gasteiger partial charge in [-0.1, -0.05) is 12.1 Å². The predicted molar refractivity (Wildman–Crippen MR) is 69.4 cm³/mol. The zero-order valence-electron chi connectivity index (χ0n) is 9.48. The SMILES string of the molecule is O=C(CNC1CC1)Cc1nc2ccccc2s1. The number of fused-ring (bicyclic) bond motifs is 1. The lowest BCUT2D eigenvalue weighted by Crippen LogP contribution is -2.25. The van der Waals surface area contributed by atoms with Gasteiger partial charge in [0.25, 0.3) is 0 Å². The highest BCUT2D eigenvalue weighted by Crippen LogP contribution is 2.22. The zero-order valence-corrected chi connectivity index (χ0v) is 10.3. The van der Waals surface area contributed by atoms with E-state index in [4.69, 9.17) is 0 Å². The number of Topliss-reactive ketones (excluding diaryl/α,β-unsaturated/α-hetero) is 1. The van der Waals surface area contributed by atoms with Crippen LogP contribution in [0.25, 0.3) is 10.2 Å². The molecule has 0 spiro atoms. The van der Waals surface area contributed by atoms with E-state index >= 15 is 0 Å². The van der Waals surface area contributed by atoms with Crippen molar-refractivity contribution in [2.75, 3.05) is 6.54 Å². The largest absolute Gasteiger partial charge is 0.307 e. The number of rotatable bonds is 5. The highest BCUT2D eigenvalue weighted by molar-refractivity contribution is 7.18. The summed E-state index contributed by atoms with van der Waals surface area (Å²) in [5.74, 6) is 0.232. The molecule has 88 valence electrons. The minimum atomic E-state index is 0.232. The molecule has 0 atom stereocenters. The first-order chi connectivity index (χ1) is 8.31. The summed E-state index contributed by atoms with van der Waals surface area (Å²) in [6.07, 6.45) is 2.89. The Balaban J connectivity index is 1.64. The van der Waals surface area contributed by atoms with E-state index < -0.39 is 0 Å². The third-order valence-corrected chi connectivity index (χ3v) is 3.89. The molecule has 17 heavy (non-hydrogen) atoms. The van der Waals surface area contributed by atoms with Gasteiger partial charge in [0.2, 0.25) is 0 Å². The third kappa shape index (κ3) is 2.70. The van der Waals surface area contributed by atoms with E-state index in [0.29, 0.717) is 19.0 Å². The van der Waals surface area contributed by atoms with Gasteiger partial charge in [0, 0.05) is 6.04 Å². The standard InChI is InChI=1S/C13H14N2OS/c16-10(8-14-9-5-6-9)7-13-15-11-3-1-2-4-12(11)17-13/h1-4,9,14H,5-8H2. The Bertz CT molecular complexity index is 512. The second-order valence-corrected chi connectivity index (χ2v) is 5.56. The van der Waals surface area contributed by atoms with E-state index in [0.717, 1.165) is 15.2 Å². The van der Waals surface area contributed by atoms with E-state index in [-0.39, 0.29) is 5.78 Å². The Morgan fingerprint density at radius 1 is 1.41 bits per heavy atom. The normalized spacial score (nSPS) is 15.3. The molecule has 1 aromatic heterocycles. The minimum absolute atomic E-state index is 0.232. The molecular weight excluding hydrogens is 232 g/mol. The van der Waals surface area contributed by atoms with Crippen LogP contribution >= 0.6 is 11.3 Å². The molecular formula is C13H14N2OS. The number of ketones is 1. The predicted octanol–water partition coefficient (Wildman–Crippen LogP) is 2.16. The van der Waals surface area contributed by atoms with Crippen molar-refractivity contribution in [3.05, 3.63) is 29.3 Å². The third-order valence-electron chi connectivity index (χ3n) is 2.85. The number of carbonyl (C=O) groups excluding carboxylic acids is 1. The van der Waals surface area contributed by atoms with Gasteiger partial charge in [0.15, 0.2) is 5.78 Å². The zero-order chi connectivity index (χ0) is 11.7. The molecule has 1 aliphatic rings. The Kier molecular flexibility index (Phi) is 2.91. The fourth-order valence-electron chi connectivity index (χ4n) is 1.77. The van der Waals surface area contributed by atoms with E-state index in [1.165, 1.54) is 12.8 Å². The summed E-state index contributed by atoms with van der Waals surface area (Å²) >= 11 is 1.62. The first kappa shape index (κ1) is 10.9. The van der Waals surface area contributed by atoms with Crippen LogP contribution in [0.15, 0.2) is 24.3 Å². The van der Waals surface area contributed by atoms with Crippen molar-refractivity contribution in [3.8, 4) is 0 Å². The average molecular weight is 246 g/mol. The Hall–Kier alpha value is -1.26. The molecule has 0 aliphatic heterocycles. The molecule has 0 radical (unpaired) electrons. The van der Waals surface area contributed by atoms with Crippen molar-refractivity contribution < 1.29 is 4.79 Å². The summed E-state index contributed by atoms with van der Waals surface area (Å²) in [5, 5.41) is 4.16. The molecule has 1 aliphatic carbocycles. The molecule has 0 amide bonds. The number of thiazole rings is 1. The topological polar surface area (TPSA) is 42.0 Å². The van der Waals surface area contributed by atoms with E-state index in [1.807, 2.05) is 24.3 Å². The van der Waals surface area contributed by atoms with Crippen LogP contribution in [-0.4, -0.2) is 23.4 Å². The van der Waals surface area contributed by atoms with Gasteiger partial charge in [0.1, 0.15) is 5.01 Å².